The Balaban J connectivity index is 1.12. The van der Waals surface area contributed by atoms with Gasteiger partial charge in [-0.15, -0.1) is 0 Å². The molecule has 4 aromatic carbocycles. The Morgan fingerprint density at radius 3 is 0.933 bits per heavy atom. The summed E-state index contributed by atoms with van der Waals surface area (Å²) in [6.45, 7) is 0. The molecular weight excluding hydrogens is 727 g/mol. The first-order chi connectivity index (χ1) is 29.7. The second-order valence-electron chi connectivity index (χ2n) is 16.7. The Kier molecular flexibility index (Phi) is 11.0. The van der Waals surface area contributed by atoms with Crippen LogP contribution in [0.3, 0.4) is 0 Å². The quantitative estimate of drug-likeness (QED) is 0.147. The summed E-state index contributed by atoms with van der Waals surface area (Å²) in [5.41, 5.74) is 23.1. The molecule has 0 unspecified atom stereocenters. The highest BCUT2D eigenvalue weighted by molar-refractivity contribution is 5.98. The van der Waals surface area contributed by atoms with Gasteiger partial charge in [-0.25, -0.2) is 0 Å². The third kappa shape index (κ3) is 7.97. The summed E-state index contributed by atoms with van der Waals surface area (Å²) in [5, 5.41) is 0. The largest absolute Gasteiger partial charge is 0.256 e. The van der Waals surface area contributed by atoms with E-state index in [4.69, 9.17) is 15.0 Å². The fraction of sp³-hybridized carbons (Fsp3) is 0.211. The maximum atomic E-state index is 5.15. The molecule has 3 heteroatoms. The second kappa shape index (κ2) is 17.4. The minimum absolute atomic E-state index is 1.02. The topological polar surface area (TPSA) is 38.7 Å². The van der Waals surface area contributed by atoms with Crippen molar-refractivity contribution in [3.8, 4) is 33.6 Å². The fourth-order valence-electron chi connectivity index (χ4n) is 9.82. The van der Waals surface area contributed by atoms with Gasteiger partial charge in [0.25, 0.3) is 0 Å². The zero-order valence-electron chi connectivity index (χ0n) is 34.4. The average molecular weight is 778 g/mol. The molecule has 0 saturated carbocycles. The predicted molar refractivity (Wildman–Crippen MR) is 251 cm³/mol. The molecule has 0 saturated heterocycles. The number of hydrogen-bond donors (Lipinski definition) is 0. The molecule has 0 N–H and O–H groups in total. The van der Waals surface area contributed by atoms with Gasteiger partial charge in [-0.1, -0.05) is 109 Å². The lowest BCUT2D eigenvalue weighted by atomic mass is 9.78. The van der Waals surface area contributed by atoms with Crippen molar-refractivity contribution in [3.63, 3.8) is 0 Å². The van der Waals surface area contributed by atoms with Crippen LogP contribution in [-0.2, 0) is 0 Å². The Hall–Kier alpha value is -6.45. The van der Waals surface area contributed by atoms with E-state index in [0.29, 0.717) is 0 Å². The fourth-order valence-corrected chi connectivity index (χ4v) is 9.82. The third-order valence-electron chi connectivity index (χ3n) is 12.9. The summed E-state index contributed by atoms with van der Waals surface area (Å²) in [6.07, 6.45) is 19.9. The molecule has 7 aromatic rings. The zero-order chi connectivity index (χ0) is 40.1. The summed E-state index contributed by atoms with van der Waals surface area (Å²) in [7, 11) is 0. The summed E-state index contributed by atoms with van der Waals surface area (Å²) in [4.78, 5) is 15.2. The molecule has 0 spiro atoms. The van der Waals surface area contributed by atoms with Crippen LogP contribution in [0.1, 0.15) is 111 Å². The van der Waals surface area contributed by atoms with E-state index in [9.17, 15) is 0 Å². The van der Waals surface area contributed by atoms with Crippen LogP contribution in [0, 0.1) is 0 Å². The lowest BCUT2D eigenvalue weighted by Crippen LogP contribution is -2.06. The van der Waals surface area contributed by atoms with Gasteiger partial charge in [0.05, 0.1) is 17.1 Å². The highest BCUT2D eigenvalue weighted by atomic mass is 14.7. The summed E-state index contributed by atoms with van der Waals surface area (Å²) in [5.74, 6) is 0. The molecular formula is C57H51N3. The summed E-state index contributed by atoms with van der Waals surface area (Å²) < 4.78 is 0. The summed E-state index contributed by atoms with van der Waals surface area (Å²) >= 11 is 0. The SMILES string of the molecule is c1ccc(-c2ccc(C3=C(c4cc(C5=C(c6ccc(-c7ccccc7)nc6)CCCC5)cc(C5=C(c6ccc(-c7ccccc7)nc6)CCCC5)c4)CCCC3)nc2)cc1. The number of hydrogen-bond acceptors (Lipinski definition) is 3. The normalized spacial score (nSPS) is 16.0. The van der Waals surface area contributed by atoms with Crippen molar-refractivity contribution in [2.45, 2.75) is 77.0 Å². The van der Waals surface area contributed by atoms with Crippen LogP contribution in [0.5, 0.6) is 0 Å². The van der Waals surface area contributed by atoms with Gasteiger partial charge in [0.1, 0.15) is 0 Å². The second-order valence-corrected chi connectivity index (χ2v) is 16.7. The molecule has 0 atom stereocenters. The van der Waals surface area contributed by atoms with Gasteiger partial charge in [0.15, 0.2) is 0 Å². The van der Waals surface area contributed by atoms with E-state index in [1.54, 1.807) is 0 Å². The molecule has 10 rings (SSSR count). The van der Waals surface area contributed by atoms with Crippen molar-refractivity contribution in [2.75, 3.05) is 0 Å². The monoisotopic (exact) mass is 777 g/mol. The Bertz CT molecular complexity index is 2370. The van der Waals surface area contributed by atoms with E-state index in [-0.39, 0.29) is 0 Å². The van der Waals surface area contributed by atoms with Crippen LogP contribution in [-0.4, -0.2) is 15.0 Å². The molecule has 0 radical (unpaired) electrons. The van der Waals surface area contributed by atoms with Gasteiger partial charge in [0.2, 0.25) is 0 Å². The minimum Gasteiger partial charge on any atom is -0.256 e. The molecule has 294 valence electrons. The van der Waals surface area contributed by atoms with Crippen LogP contribution < -0.4 is 0 Å². The number of allylic oxidation sites excluding steroid dienone is 6. The van der Waals surface area contributed by atoms with E-state index < -0.39 is 0 Å². The zero-order valence-corrected chi connectivity index (χ0v) is 34.4. The molecule has 0 amide bonds. The first kappa shape index (κ1) is 37.8. The molecule has 0 bridgehead atoms. The van der Waals surface area contributed by atoms with Gasteiger partial charge in [-0.05, 0) is 180 Å². The summed E-state index contributed by atoms with van der Waals surface area (Å²) in [6, 6.07) is 52.8. The van der Waals surface area contributed by atoms with Crippen molar-refractivity contribution in [2.24, 2.45) is 0 Å². The molecule has 0 fully saturated rings. The average Bonchev–Trinajstić information content (AvgIpc) is 3.35. The first-order valence-corrected chi connectivity index (χ1v) is 22.1. The highest BCUT2D eigenvalue weighted by Crippen LogP contribution is 2.45. The predicted octanol–water partition coefficient (Wildman–Crippen LogP) is 15.3. The maximum absolute atomic E-state index is 5.15. The first-order valence-electron chi connectivity index (χ1n) is 22.1. The molecule has 3 heterocycles. The van der Waals surface area contributed by atoms with Crippen molar-refractivity contribution >= 4 is 33.4 Å². The van der Waals surface area contributed by atoms with E-state index in [1.807, 2.05) is 0 Å². The molecule has 3 aliphatic rings. The number of rotatable bonds is 9. The molecule has 3 nitrogen and oxygen atoms in total. The van der Waals surface area contributed by atoms with E-state index in [1.165, 1.54) is 105 Å². The highest BCUT2D eigenvalue weighted by Gasteiger charge is 2.24. The molecule has 60 heavy (non-hydrogen) atoms. The smallest absolute Gasteiger partial charge is 0.0702 e. The van der Waals surface area contributed by atoms with Gasteiger partial charge in [0, 0.05) is 35.3 Å². The van der Waals surface area contributed by atoms with Crippen molar-refractivity contribution in [3.05, 3.63) is 198 Å². The number of aromatic nitrogens is 3. The Morgan fingerprint density at radius 1 is 0.233 bits per heavy atom. The van der Waals surface area contributed by atoms with Gasteiger partial charge < -0.3 is 0 Å². The standard InChI is InChI=1S/C57H51N3/c1-4-16-40(17-5-1)43-28-33-57(60-37-43)54-27-15-14-26-53(54)48-35-46(51-24-12-10-22-49(51)44-29-31-55(58-38-44)41-18-6-2-7-19-41)34-47(36-48)52-25-13-11-23-50(52)45-30-32-56(59-39-45)42-20-8-3-9-21-42/h1-9,16-21,28-39H,10-15,22-27H2. The Morgan fingerprint density at radius 2 is 0.550 bits per heavy atom. The lowest BCUT2D eigenvalue weighted by molar-refractivity contribution is 0.748. The van der Waals surface area contributed by atoms with Crippen LogP contribution in [0.25, 0.3) is 67.1 Å². The van der Waals surface area contributed by atoms with Crippen LogP contribution in [0.4, 0.5) is 0 Å². The molecule has 0 aliphatic heterocycles. The third-order valence-corrected chi connectivity index (χ3v) is 12.9. The van der Waals surface area contributed by atoms with Crippen molar-refractivity contribution in [1.82, 2.24) is 15.0 Å². The van der Waals surface area contributed by atoms with E-state index in [0.717, 1.165) is 72.3 Å². The number of benzene rings is 4. The van der Waals surface area contributed by atoms with Gasteiger partial charge in [-0.2, -0.15) is 0 Å². The van der Waals surface area contributed by atoms with Gasteiger partial charge >= 0.3 is 0 Å². The van der Waals surface area contributed by atoms with Crippen LogP contribution in [0.15, 0.2) is 164 Å². The number of nitrogens with zero attached hydrogens (tertiary/aromatic N) is 3. The van der Waals surface area contributed by atoms with Crippen molar-refractivity contribution in [1.29, 1.82) is 0 Å². The molecule has 3 aromatic heterocycles. The Labute approximate surface area is 355 Å². The van der Waals surface area contributed by atoms with E-state index in [2.05, 4.69) is 164 Å². The lowest BCUT2D eigenvalue weighted by Gasteiger charge is -2.27. The number of pyridine rings is 3. The maximum Gasteiger partial charge on any atom is 0.0702 e. The van der Waals surface area contributed by atoms with Crippen molar-refractivity contribution < 1.29 is 0 Å². The van der Waals surface area contributed by atoms with Crippen LogP contribution in [0.2, 0.25) is 0 Å². The van der Waals surface area contributed by atoms with Gasteiger partial charge in [-0.3, -0.25) is 15.0 Å². The van der Waals surface area contributed by atoms with E-state index >= 15 is 0 Å². The minimum atomic E-state index is 1.02. The van der Waals surface area contributed by atoms with Crippen LogP contribution >= 0.6 is 0 Å². The molecule has 3 aliphatic carbocycles.